The van der Waals surface area contributed by atoms with Gasteiger partial charge in [0, 0.05) is 5.56 Å². The van der Waals surface area contributed by atoms with Crippen molar-refractivity contribution in [2.75, 3.05) is 13.7 Å². The van der Waals surface area contributed by atoms with E-state index in [4.69, 9.17) is 4.74 Å². The highest BCUT2D eigenvalue weighted by molar-refractivity contribution is 7.08. The number of hydrogen-bond donors (Lipinski definition) is 1. The lowest BCUT2D eigenvalue weighted by molar-refractivity contribution is 0.334. The van der Waals surface area contributed by atoms with Crippen molar-refractivity contribution in [1.29, 1.82) is 0 Å². The summed E-state index contributed by atoms with van der Waals surface area (Å²) in [6.07, 6.45) is 0. The lowest BCUT2D eigenvalue weighted by Gasteiger charge is -2.20. The minimum absolute atomic E-state index is 0.192. The molecule has 3 heteroatoms. The minimum Gasteiger partial charge on any atom is -0.494 e. The van der Waals surface area contributed by atoms with Crippen molar-refractivity contribution in [3.05, 3.63) is 51.7 Å². The molecular formula is C15H19NOS. The molecule has 0 bridgehead atoms. The summed E-state index contributed by atoms with van der Waals surface area (Å²) in [7, 11) is 1.99. The highest BCUT2D eigenvalue weighted by Gasteiger charge is 2.17. The third kappa shape index (κ3) is 2.74. The summed E-state index contributed by atoms with van der Waals surface area (Å²) in [4.78, 5) is 0. The Hall–Kier alpha value is -1.32. The van der Waals surface area contributed by atoms with E-state index >= 15 is 0 Å². The molecule has 0 aliphatic rings. The predicted molar refractivity (Wildman–Crippen MR) is 77.6 cm³/mol. The molecule has 0 amide bonds. The third-order valence-electron chi connectivity index (χ3n) is 2.94. The molecule has 1 aromatic heterocycles. The van der Waals surface area contributed by atoms with Crippen LogP contribution in [0, 0.1) is 6.92 Å². The van der Waals surface area contributed by atoms with Gasteiger partial charge in [-0.05, 0) is 49.4 Å². The van der Waals surface area contributed by atoms with Crippen molar-refractivity contribution < 1.29 is 4.74 Å². The molecule has 1 heterocycles. The average Bonchev–Trinajstić information content (AvgIpc) is 2.87. The van der Waals surface area contributed by atoms with Gasteiger partial charge in [0.1, 0.15) is 5.75 Å². The summed E-state index contributed by atoms with van der Waals surface area (Å²) in [6, 6.07) is 8.70. The summed E-state index contributed by atoms with van der Waals surface area (Å²) in [5.41, 5.74) is 3.75. The Balaban J connectivity index is 2.43. The van der Waals surface area contributed by atoms with Crippen LogP contribution in [-0.4, -0.2) is 13.7 Å². The molecule has 0 spiro atoms. The minimum atomic E-state index is 0.192. The number of benzene rings is 1. The number of hydrogen-bond acceptors (Lipinski definition) is 3. The second kappa shape index (κ2) is 6.03. The highest BCUT2D eigenvalue weighted by Crippen LogP contribution is 2.31. The largest absolute Gasteiger partial charge is 0.494 e. The van der Waals surface area contributed by atoms with E-state index in [9.17, 15) is 0 Å². The Kier molecular flexibility index (Phi) is 4.39. The maximum atomic E-state index is 5.74. The standard InChI is InChI=1S/C15H19NOS/c1-4-17-14-6-5-11(2)9-13(14)15(16-3)12-7-8-18-10-12/h5-10,15-16H,4H2,1-3H3. The average molecular weight is 261 g/mol. The fourth-order valence-corrected chi connectivity index (χ4v) is 2.81. The molecule has 0 fully saturated rings. The molecule has 18 heavy (non-hydrogen) atoms. The van der Waals surface area contributed by atoms with Crippen LogP contribution < -0.4 is 10.1 Å². The van der Waals surface area contributed by atoms with E-state index in [0.29, 0.717) is 6.61 Å². The Labute approximate surface area is 113 Å². The first kappa shape index (κ1) is 13.1. The summed E-state index contributed by atoms with van der Waals surface area (Å²) in [5.74, 6) is 0.966. The Morgan fingerprint density at radius 3 is 2.78 bits per heavy atom. The van der Waals surface area contributed by atoms with Gasteiger partial charge in [0.15, 0.2) is 0 Å². The van der Waals surface area contributed by atoms with E-state index < -0.39 is 0 Å². The van der Waals surface area contributed by atoms with E-state index in [1.165, 1.54) is 16.7 Å². The molecular weight excluding hydrogens is 242 g/mol. The van der Waals surface area contributed by atoms with E-state index in [2.05, 4.69) is 47.3 Å². The first-order valence-electron chi connectivity index (χ1n) is 6.19. The van der Waals surface area contributed by atoms with Crippen LogP contribution in [0.1, 0.15) is 29.7 Å². The van der Waals surface area contributed by atoms with E-state index in [0.717, 1.165) is 5.75 Å². The first-order chi connectivity index (χ1) is 8.76. The molecule has 2 aromatic rings. The Bertz CT molecular complexity index is 493. The number of thiophene rings is 1. The highest BCUT2D eigenvalue weighted by atomic mass is 32.1. The van der Waals surface area contributed by atoms with Crippen LogP contribution in [0.2, 0.25) is 0 Å². The molecule has 1 unspecified atom stereocenters. The molecule has 0 saturated carbocycles. The normalized spacial score (nSPS) is 12.4. The van der Waals surface area contributed by atoms with Crippen molar-refractivity contribution in [2.24, 2.45) is 0 Å². The number of aryl methyl sites for hydroxylation is 1. The topological polar surface area (TPSA) is 21.3 Å². The molecule has 1 N–H and O–H groups in total. The second-order valence-electron chi connectivity index (χ2n) is 4.25. The van der Waals surface area contributed by atoms with Crippen LogP contribution in [0.3, 0.4) is 0 Å². The maximum absolute atomic E-state index is 5.74. The molecule has 1 atom stereocenters. The van der Waals surface area contributed by atoms with E-state index in [1.54, 1.807) is 11.3 Å². The SMILES string of the molecule is CCOc1ccc(C)cc1C(NC)c1ccsc1. The molecule has 0 radical (unpaired) electrons. The van der Waals surface area contributed by atoms with Gasteiger partial charge < -0.3 is 10.1 Å². The lowest BCUT2D eigenvalue weighted by Crippen LogP contribution is -2.18. The van der Waals surface area contributed by atoms with E-state index in [-0.39, 0.29) is 6.04 Å². The first-order valence-corrected chi connectivity index (χ1v) is 7.13. The van der Waals surface area contributed by atoms with Crippen LogP contribution in [0.5, 0.6) is 5.75 Å². The van der Waals surface area contributed by atoms with Crippen molar-refractivity contribution >= 4 is 11.3 Å². The van der Waals surface area contributed by atoms with Gasteiger partial charge in [0.25, 0.3) is 0 Å². The van der Waals surface area contributed by atoms with Gasteiger partial charge in [-0.1, -0.05) is 17.7 Å². The van der Waals surface area contributed by atoms with Crippen molar-refractivity contribution in [1.82, 2.24) is 5.32 Å². The Morgan fingerprint density at radius 1 is 1.33 bits per heavy atom. The van der Waals surface area contributed by atoms with E-state index in [1.807, 2.05) is 14.0 Å². The van der Waals surface area contributed by atoms with Crippen LogP contribution in [0.15, 0.2) is 35.0 Å². The molecule has 0 aliphatic heterocycles. The zero-order valence-corrected chi connectivity index (χ0v) is 11.9. The summed E-state index contributed by atoms with van der Waals surface area (Å²) >= 11 is 1.72. The molecule has 2 rings (SSSR count). The molecule has 1 aromatic carbocycles. The van der Waals surface area contributed by atoms with Crippen LogP contribution in [0.25, 0.3) is 0 Å². The molecule has 0 saturated heterocycles. The third-order valence-corrected chi connectivity index (χ3v) is 3.64. The molecule has 96 valence electrons. The molecule has 2 nitrogen and oxygen atoms in total. The summed E-state index contributed by atoms with van der Waals surface area (Å²) < 4.78 is 5.74. The fraction of sp³-hybridized carbons (Fsp3) is 0.333. The van der Waals surface area contributed by atoms with Gasteiger partial charge in [0.2, 0.25) is 0 Å². The summed E-state index contributed by atoms with van der Waals surface area (Å²) in [6.45, 7) is 4.82. The van der Waals surface area contributed by atoms with Crippen molar-refractivity contribution in [2.45, 2.75) is 19.9 Å². The zero-order chi connectivity index (χ0) is 13.0. The van der Waals surface area contributed by atoms with Gasteiger partial charge in [0.05, 0.1) is 12.6 Å². The molecule has 0 aliphatic carbocycles. The lowest BCUT2D eigenvalue weighted by atomic mass is 9.98. The van der Waals surface area contributed by atoms with Gasteiger partial charge in [-0.2, -0.15) is 11.3 Å². The van der Waals surface area contributed by atoms with Gasteiger partial charge >= 0.3 is 0 Å². The fourth-order valence-electron chi connectivity index (χ4n) is 2.12. The Morgan fingerprint density at radius 2 is 2.17 bits per heavy atom. The zero-order valence-electron chi connectivity index (χ0n) is 11.1. The summed E-state index contributed by atoms with van der Waals surface area (Å²) in [5, 5.41) is 7.66. The number of rotatable bonds is 5. The number of ether oxygens (including phenoxy) is 1. The second-order valence-corrected chi connectivity index (χ2v) is 5.03. The van der Waals surface area contributed by atoms with Crippen LogP contribution in [-0.2, 0) is 0 Å². The quantitative estimate of drug-likeness (QED) is 0.884. The van der Waals surface area contributed by atoms with Crippen molar-refractivity contribution in [3.8, 4) is 5.75 Å². The number of nitrogens with one attached hydrogen (secondary N) is 1. The maximum Gasteiger partial charge on any atom is 0.124 e. The van der Waals surface area contributed by atoms with Gasteiger partial charge in [-0.3, -0.25) is 0 Å². The van der Waals surface area contributed by atoms with Crippen LogP contribution >= 0.6 is 11.3 Å². The predicted octanol–water partition coefficient (Wildman–Crippen LogP) is 3.76. The van der Waals surface area contributed by atoms with Crippen LogP contribution in [0.4, 0.5) is 0 Å². The monoisotopic (exact) mass is 261 g/mol. The van der Waals surface area contributed by atoms with Gasteiger partial charge in [-0.25, -0.2) is 0 Å². The smallest absolute Gasteiger partial charge is 0.124 e. The van der Waals surface area contributed by atoms with Crippen molar-refractivity contribution in [3.63, 3.8) is 0 Å². The van der Waals surface area contributed by atoms with Gasteiger partial charge in [-0.15, -0.1) is 0 Å².